The lowest BCUT2D eigenvalue weighted by atomic mass is 10.1. The molecular weight excluding hydrogens is 334 g/mol. The van der Waals surface area contributed by atoms with E-state index in [2.05, 4.69) is 15.8 Å². The van der Waals surface area contributed by atoms with Gasteiger partial charge in [0.05, 0.1) is 17.4 Å². The van der Waals surface area contributed by atoms with E-state index >= 15 is 0 Å². The van der Waals surface area contributed by atoms with Gasteiger partial charge in [-0.15, -0.1) is 0 Å². The van der Waals surface area contributed by atoms with Crippen molar-refractivity contribution in [2.75, 3.05) is 18.5 Å². The first-order valence-electron chi connectivity index (χ1n) is 8.97. The number of benzene rings is 1. The number of para-hydroxylation sites is 1. The molecule has 0 unspecified atom stereocenters. The molecule has 2 N–H and O–H groups in total. The van der Waals surface area contributed by atoms with E-state index in [1.165, 1.54) is 0 Å². The number of nitrogens with zero attached hydrogens (tertiary/aromatic N) is 1. The second kappa shape index (κ2) is 7.29. The molecule has 1 aromatic heterocycles. The molecule has 7 nitrogen and oxygen atoms in total. The van der Waals surface area contributed by atoms with Crippen LogP contribution in [0.4, 0.5) is 5.69 Å². The number of hydrogen-bond acceptors (Lipinski definition) is 5. The molecule has 2 aliphatic rings. The van der Waals surface area contributed by atoms with E-state index in [9.17, 15) is 9.59 Å². The third-order valence-corrected chi connectivity index (χ3v) is 4.67. The minimum atomic E-state index is -0.389. The summed E-state index contributed by atoms with van der Waals surface area (Å²) in [7, 11) is 0. The van der Waals surface area contributed by atoms with E-state index in [0.717, 1.165) is 38.1 Å². The highest BCUT2D eigenvalue weighted by molar-refractivity contribution is 6.08. The van der Waals surface area contributed by atoms with Gasteiger partial charge >= 0.3 is 0 Å². The summed E-state index contributed by atoms with van der Waals surface area (Å²) >= 11 is 0. The number of aromatic nitrogens is 1. The van der Waals surface area contributed by atoms with Crippen LogP contribution >= 0.6 is 0 Å². The van der Waals surface area contributed by atoms with Crippen molar-refractivity contribution < 1.29 is 18.8 Å². The zero-order valence-corrected chi connectivity index (χ0v) is 14.4. The summed E-state index contributed by atoms with van der Waals surface area (Å²) in [6, 6.07) is 8.58. The van der Waals surface area contributed by atoms with E-state index in [1.54, 1.807) is 30.3 Å². The Morgan fingerprint density at radius 2 is 2.00 bits per heavy atom. The lowest BCUT2D eigenvalue weighted by Crippen LogP contribution is -2.32. The first-order valence-corrected chi connectivity index (χ1v) is 8.97. The van der Waals surface area contributed by atoms with Crippen molar-refractivity contribution in [2.24, 2.45) is 0 Å². The molecule has 0 radical (unpaired) electrons. The Morgan fingerprint density at radius 1 is 1.15 bits per heavy atom. The van der Waals surface area contributed by atoms with Crippen molar-refractivity contribution in [1.82, 2.24) is 10.5 Å². The molecule has 1 saturated heterocycles. The minimum Gasteiger partial charge on any atom is -0.376 e. The van der Waals surface area contributed by atoms with Crippen molar-refractivity contribution in [2.45, 2.75) is 37.7 Å². The summed E-state index contributed by atoms with van der Waals surface area (Å²) < 4.78 is 10.7. The lowest BCUT2D eigenvalue weighted by molar-refractivity contribution is 0.0858. The fraction of sp³-hybridized carbons (Fsp3) is 0.421. The summed E-state index contributed by atoms with van der Waals surface area (Å²) in [4.78, 5) is 24.9. The van der Waals surface area contributed by atoms with Gasteiger partial charge in [-0.3, -0.25) is 9.59 Å². The highest BCUT2D eigenvalue weighted by Crippen LogP contribution is 2.40. The molecule has 0 spiro atoms. The lowest BCUT2D eigenvalue weighted by Gasteiger charge is -2.13. The molecule has 26 heavy (non-hydrogen) atoms. The monoisotopic (exact) mass is 355 g/mol. The maximum absolute atomic E-state index is 12.5. The van der Waals surface area contributed by atoms with Crippen LogP contribution in [-0.2, 0) is 4.74 Å². The molecule has 2 aromatic rings. The smallest absolute Gasteiger partial charge is 0.277 e. The van der Waals surface area contributed by atoms with Crippen LogP contribution in [0, 0.1) is 0 Å². The Balaban J connectivity index is 1.42. The van der Waals surface area contributed by atoms with E-state index in [1.807, 2.05) is 0 Å². The Morgan fingerprint density at radius 3 is 2.77 bits per heavy atom. The topological polar surface area (TPSA) is 93.5 Å². The van der Waals surface area contributed by atoms with E-state index < -0.39 is 0 Å². The highest BCUT2D eigenvalue weighted by atomic mass is 16.5. The third kappa shape index (κ3) is 3.77. The Labute approximate surface area is 151 Å². The number of hydrogen-bond donors (Lipinski definition) is 2. The fourth-order valence-electron chi connectivity index (χ4n) is 3.04. The standard InChI is InChI=1S/C19H21N3O4/c23-18(20-11-13-4-3-9-25-13)14-5-1-2-6-15(14)21-19(24)16-10-17(26-22-16)12-7-8-12/h1-2,5-6,10,12-13H,3-4,7-9,11H2,(H,20,23)(H,21,24)/t13-/m0/s1. The van der Waals surface area contributed by atoms with E-state index in [0.29, 0.717) is 23.7 Å². The molecule has 2 heterocycles. The predicted molar refractivity (Wildman–Crippen MR) is 94.2 cm³/mol. The van der Waals surface area contributed by atoms with Crippen LogP contribution < -0.4 is 10.6 Å². The summed E-state index contributed by atoms with van der Waals surface area (Å²) in [5.41, 5.74) is 1.07. The average Bonchev–Trinajstić information content (AvgIpc) is 3.17. The molecule has 1 saturated carbocycles. The second-order valence-electron chi connectivity index (χ2n) is 6.73. The summed E-state index contributed by atoms with van der Waals surface area (Å²) in [5, 5.41) is 9.46. The van der Waals surface area contributed by atoms with Gasteiger partial charge < -0.3 is 19.9 Å². The van der Waals surface area contributed by atoms with Crippen molar-refractivity contribution in [3.05, 3.63) is 47.3 Å². The van der Waals surface area contributed by atoms with Crippen molar-refractivity contribution in [3.63, 3.8) is 0 Å². The largest absolute Gasteiger partial charge is 0.376 e. The molecule has 2 fully saturated rings. The number of amides is 2. The second-order valence-corrected chi connectivity index (χ2v) is 6.73. The molecule has 0 bridgehead atoms. The number of carbonyl (C=O) groups excluding carboxylic acids is 2. The van der Waals surface area contributed by atoms with Gasteiger partial charge in [0.1, 0.15) is 5.76 Å². The quantitative estimate of drug-likeness (QED) is 0.831. The molecule has 136 valence electrons. The zero-order valence-electron chi connectivity index (χ0n) is 14.4. The fourth-order valence-corrected chi connectivity index (χ4v) is 3.04. The first kappa shape index (κ1) is 16.8. The van der Waals surface area contributed by atoms with Crippen LogP contribution in [0.25, 0.3) is 0 Å². The van der Waals surface area contributed by atoms with Crippen LogP contribution in [0.15, 0.2) is 34.9 Å². The van der Waals surface area contributed by atoms with Gasteiger partial charge in [0.15, 0.2) is 5.69 Å². The molecule has 1 aliphatic heterocycles. The van der Waals surface area contributed by atoms with E-state index in [4.69, 9.17) is 9.26 Å². The molecular formula is C19H21N3O4. The van der Waals surface area contributed by atoms with Gasteiger partial charge in [0.25, 0.3) is 11.8 Å². The number of carbonyl (C=O) groups is 2. The maximum Gasteiger partial charge on any atom is 0.277 e. The van der Waals surface area contributed by atoms with Gasteiger partial charge in [-0.2, -0.15) is 0 Å². The van der Waals surface area contributed by atoms with Gasteiger partial charge in [0, 0.05) is 25.1 Å². The number of rotatable bonds is 6. The SMILES string of the molecule is O=C(Nc1ccccc1C(=O)NC[C@@H]1CCCO1)c1cc(C2CC2)on1. The van der Waals surface area contributed by atoms with Crippen LogP contribution in [-0.4, -0.2) is 36.2 Å². The van der Waals surface area contributed by atoms with Gasteiger partial charge in [0.2, 0.25) is 0 Å². The molecule has 1 atom stereocenters. The molecule has 4 rings (SSSR count). The Bertz CT molecular complexity index is 807. The van der Waals surface area contributed by atoms with E-state index in [-0.39, 0.29) is 23.6 Å². The molecule has 1 aromatic carbocycles. The molecule has 7 heteroatoms. The number of ether oxygens (including phenoxy) is 1. The Hall–Kier alpha value is -2.67. The molecule has 2 amide bonds. The van der Waals surface area contributed by atoms with Crippen LogP contribution in [0.1, 0.15) is 58.2 Å². The predicted octanol–water partition coefficient (Wildman–Crippen LogP) is 2.71. The Kier molecular flexibility index (Phi) is 4.71. The number of nitrogens with one attached hydrogen (secondary N) is 2. The van der Waals surface area contributed by atoms with Gasteiger partial charge in [-0.1, -0.05) is 17.3 Å². The number of anilines is 1. The summed E-state index contributed by atoms with van der Waals surface area (Å²) in [5.74, 6) is 0.507. The van der Waals surface area contributed by atoms with Crippen molar-refractivity contribution >= 4 is 17.5 Å². The van der Waals surface area contributed by atoms with Crippen LogP contribution in [0.5, 0.6) is 0 Å². The average molecular weight is 355 g/mol. The first-order chi connectivity index (χ1) is 12.7. The molecule has 1 aliphatic carbocycles. The normalized spacial score (nSPS) is 19.3. The zero-order chi connectivity index (χ0) is 17.9. The van der Waals surface area contributed by atoms with Gasteiger partial charge in [-0.05, 0) is 37.8 Å². The van der Waals surface area contributed by atoms with Crippen molar-refractivity contribution in [1.29, 1.82) is 0 Å². The minimum absolute atomic E-state index is 0.0664. The van der Waals surface area contributed by atoms with Gasteiger partial charge in [-0.25, -0.2) is 0 Å². The van der Waals surface area contributed by atoms with Crippen LogP contribution in [0.3, 0.4) is 0 Å². The van der Waals surface area contributed by atoms with Crippen molar-refractivity contribution in [3.8, 4) is 0 Å². The van der Waals surface area contributed by atoms with Crippen LogP contribution in [0.2, 0.25) is 0 Å². The summed E-state index contributed by atoms with van der Waals surface area (Å²) in [6.45, 7) is 1.21. The third-order valence-electron chi connectivity index (χ3n) is 4.67. The summed E-state index contributed by atoms with van der Waals surface area (Å²) in [6.07, 6.45) is 4.19. The maximum atomic E-state index is 12.5. The highest BCUT2D eigenvalue weighted by Gasteiger charge is 2.29.